The highest BCUT2D eigenvalue weighted by Gasteiger charge is 2.35. The van der Waals surface area contributed by atoms with E-state index in [1.165, 1.54) is 24.1 Å². The zero-order chi connectivity index (χ0) is 12.5. The Labute approximate surface area is 110 Å². The van der Waals surface area contributed by atoms with Crippen molar-refractivity contribution in [3.05, 3.63) is 22.4 Å². The van der Waals surface area contributed by atoms with Crippen molar-refractivity contribution < 1.29 is 0 Å². The van der Waals surface area contributed by atoms with Gasteiger partial charge >= 0.3 is 0 Å². The molecule has 0 spiro atoms. The van der Waals surface area contributed by atoms with E-state index in [1.807, 2.05) is 11.3 Å². The first kappa shape index (κ1) is 13.1. The van der Waals surface area contributed by atoms with Crippen LogP contribution in [0.1, 0.15) is 51.8 Å². The van der Waals surface area contributed by atoms with Crippen LogP contribution in [-0.4, -0.2) is 12.6 Å². The van der Waals surface area contributed by atoms with E-state index in [0.717, 1.165) is 6.54 Å². The smallest absolute Gasteiger partial charge is 0.0119 e. The van der Waals surface area contributed by atoms with E-state index < -0.39 is 0 Å². The first-order valence-corrected chi connectivity index (χ1v) is 7.57. The summed E-state index contributed by atoms with van der Waals surface area (Å²) in [4.78, 5) is 1.49. The molecule has 0 amide bonds. The zero-order valence-corrected chi connectivity index (χ0v) is 12.4. The number of hydrogen-bond acceptors (Lipinski definition) is 2. The van der Waals surface area contributed by atoms with Crippen molar-refractivity contribution in [3.63, 3.8) is 0 Å². The van der Waals surface area contributed by atoms with Gasteiger partial charge in [0, 0.05) is 22.9 Å². The molecule has 0 radical (unpaired) electrons. The summed E-state index contributed by atoms with van der Waals surface area (Å²) in [6.07, 6.45) is 4.09. The molecule has 2 rings (SSSR count). The monoisotopic (exact) mass is 251 g/mol. The normalized spacial score (nSPS) is 24.1. The topological polar surface area (TPSA) is 12.0 Å². The van der Waals surface area contributed by atoms with Gasteiger partial charge in [0.2, 0.25) is 0 Å². The lowest BCUT2D eigenvalue weighted by atomic mass is 9.85. The molecule has 1 heterocycles. The minimum absolute atomic E-state index is 0.257. The summed E-state index contributed by atoms with van der Waals surface area (Å²) >= 11 is 1.87. The molecule has 1 fully saturated rings. The van der Waals surface area contributed by atoms with Gasteiger partial charge in [-0.25, -0.2) is 0 Å². The SMILES string of the molecule is CC(C)(CNC1CCCC1(C)C)c1cccs1. The standard InChI is InChI=1S/C15H25NS/c1-14(2)9-5-7-12(14)16-11-15(3,4)13-8-6-10-17-13/h6,8,10,12,16H,5,7,9,11H2,1-4H3. The maximum absolute atomic E-state index is 3.81. The van der Waals surface area contributed by atoms with Crippen molar-refractivity contribution in [3.8, 4) is 0 Å². The van der Waals surface area contributed by atoms with Crippen LogP contribution in [0.5, 0.6) is 0 Å². The van der Waals surface area contributed by atoms with Crippen LogP contribution in [0.3, 0.4) is 0 Å². The van der Waals surface area contributed by atoms with Crippen molar-refractivity contribution in [2.45, 2.75) is 58.4 Å². The Kier molecular flexibility index (Phi) is 3.65. The van der Waals surface area contributed by atoms with Crippen molar-refractivity contribution in [1.82, 2.24) is 5.32 Å². The molecule has 0 saturated heterocycles. The summed E-state index contributed by atoms with van der Waals surface area (Å²) in [7, 11) is 0. The fourth-order valence-electron chi connectivity index (χ4n) is 2.83. The fourth-order valence-corrected chi connectivity index (χ4v) is 3.69. The van der Waals surface area contributed by atoms with Gasteiger partial charge in [0.15, 0.2) is 0 Å². The lowest BCUT2D eigenvalue weighted by Crippen LogP contribution is -2.43. The van der Waals surface area contributed by atoms with Crippen LogP contribution in [0.4, 0.5) is 0 Å². The molecule has 0 bridgehead atoms. The second-order valence-electron chi connectivity index (χ2n) is 6.68. The van der Waals surface area contributed by atoms with Crippen LogP contribution in [0, 0.1) is 5.41 Å². The summed E-state index contributed by atoms with van der Waals surface area (Å²) in [6.45, 7) is 10.6. The molecule has 96 valence electrons. The van der Waals surface area contributed by atoms with Gasteiger partial charge in [0.25, 0.3) is 0 Å². The van der Waals surface area contributed by atoms with Gasteiger partial charge in [-0.05, 0) is 29.7 Å². The van der Waals surface area contributed by atoms with Crippen LogP contribution in [-0.2, 0) is 5.41 Å². The molecule has 1 nitrogen and oxygen atoms in total. The zero-order valence-electron chi connectivity index (χ0n) is 11.5. The predicted octanol–water partition coefficient (Wildman–Crippen LogP) is 4.19. The third-order valence-corrected chi connectivity index (χ3v) is 5.47. The third kappa shape index (κ3) is 2.92. The maximum atomic E-state index is 3.81. The molecule has 1 N–H and O–H groups in total. The minimum Gasteiger partial charge on any atom is -0.313 e. The largest absolute Gasteiger partial charge is 0.313 e. The Bertz CT molecular complexity index is 351. The molecule has 1 atom stereocenters. The van der Waals surface area contributed by atoms with Crippen LogP contribution < -0.4 is 5.32 Å². The van der Waals surface area contributed by atoms with E-state index in [1.54, 1.807) is 0 Å². The quantitative estimate of drug-likeness (QED) is 0.846. The highest BCUT2D eigenvalue weighted by molar-refractivity contribution is 7.10. The Morgan fingerprint density at radius 3 is 2.76 bits per heavy atom. The van der Waals surface area contributed by atoms with Crippen molar-refractivity contribution in [2.24, 2.45) is 5.41 Å². The van der Waals surface area contributed by atoms with Gasteiger partial charge in [-0.3, -0.25) is 0 Å². The van der Waals surface area contributed by atoms with Crippen molar-refractivity contribution in [2.75, 3.05) is 6.54 Å². The van der Waals surface area contributed by atoms with Crippen LogP contribution in [0.25, 0.3) is 0 Å². The molecule has 0 aromatic carbocycles. The van der Waals surface area contributed by atoms with Gasteiger partial charge in [-0.2, -0.15) is 0 Å². The van der Waals surface area contributed by atoms with E-state index in [2.05, 4.69) is 50.5 Å². The van der Waals surface area contributed by atoms with E-state index in [0.29, 0.717) is 11.5 Å². The van der Waals surface area contributed by atoms with E-state index in [9.17, 15) is 0 Å². The Morgan fingerprint density at radius 1 is 1.47 bits per heavy atom. The lowest BCUT2D eigenvalue weighted by molar-refractivity contribution is 0.269. The van der Waals surface area contributed by atoms with E-state index in [4.69, 9.17) is 0 Å². The van der Waals surface area contributed by atoms with Gasteiger partial charge < -0.3 is 5.32 Å². The molecule has 17 heavy (non-hydrogen) atoms. The third-order valence-electron chi connectivity index (χ3n) is 4.24. The summed E-state index contributed by atoms with van der Waals surface area (Å²) < 4.78 is 0. The Hall–Kier alpha value is -0.340. The second kappa shape index (κ2) is 4.74. The first-order valence-electron chi connectivity index (χ1n) is 6.69. The molecular weight excluding hydrogens is 226 g/mol. The molecule has 1 aliphatic carbocycles. The molecule has 2 heteroatoms. The number of rotatable bonds is 4. The molecule has 1 aromatic heterocycles. The van der Waals surface area contributed by atoms with Gasteiger partial charge in [0.05, 0.1) is 0 Å². The Balaban J connectivity index is 1.94. The molecule has 0 aliphatic heterocycles. The molecule has 1 saturated carbocycles. The van der Waals surface area contributed by atoms with Crippen molar-refractivity contribution in [1.29, 1.82) is 0 Å². The van der Waals surface area contributed by atoms with Gasteiger partial charge in [-0.15, -0.1) is 11.3 Å². The van der Waals surface area contributed by atoms with E-state index >= 15 is 0 Å². The minimum atomic E-state index is 0.257. The average Bonchev–Trinajstić information content (AvgIpc) is 2.84. The van der Waals surface area contributed by atoms with Crippen LogP contribution in [0.2, 0.25) is 0 Å². The highest BCUT2D eigenvalue weighted by Crippen LogP contribution is 2.37. The molecular formula is C15H25NS. The summed E-state index contributed by atoms with van der Waals surface area (Å²) in [5.41, 5.74) is 0.734. The molecule has 1 aliphatic rings. The van der Waals surface area contributed by atoms with Gasteiger partial charge in [-0.1, -0.05) is 40.2 Å². The number of hydrogen-bond donors (Lipinski definition) is 1. The molecule has 1 aromatic rings. The summed E-state index contributed by atoms with van der Waals surface area (Å²) in [6, 6.07) is 5.11. The van der Waals surface area contributed by atoms with Crippen LogP contribution >= 0.6 is 11.3 Å². The average molecular weight is 251 g/mol. The van der Waals surface area contributed by atoms with E-state index in [-0.39, 0.29) is 5.41 Å². The first-order chi connectivity index (χ1) is 7.92. The fraction of sp³-hybridized carbons (Fsp3) is 0.733. The van der Waals surface area contributed by atoms with Crippen molar-refractivity contribution >= 4 is 11.3 Å². The highest BCUT2D eigenvalue weighted by atomic mass is 32.1. The Morgan fingerprint density at radius 2 is 2.24 bits per heavy atom. The molecule has 1 unspecified atom stereocenters. The number of thiophene rings is 1. The number of nitrogens with one attached hydrogen (secondary N) is 1. The van der Waals surface area contributed by atoms with Gasteiger partial charge in [0.1, 0.15) is 0 Å². The lowest BCUT2D eigenvalue weighted by Gasteiger charge is -2.32. The summed E-state index contributed by atoms with van der Waals surface area (Å²) in [5.74, 6) is 0. The maximum Gasteiger partial charge on any atom is 0.0119 e. The predicted molar refractivity (Wildman–Crippen MR) is 76.8 cm³/mol. The summed E-state index contributed by atoms with van der Waals surface area (Å²) in [5, 5.41) is 5.98. The second-order valence-corrected chi connectivity index (χ2v) is 7.62. The van der Waals surface area contributed by atoms with Crippen LogP contribution in [0.15, 0.2) is 17.5 Å².